The molecule has 0 aliphatic rings. The van der Waals surface area contributed by atoms with Gasteiger partial charge in [-0.15, -0.1) is 0 Å². The first kappa shape index (κ1) is 10.4. The van der Waals surface area contributed by atoms with Crippen LogP contribution in [0.1, 0.15) is 20.3 Å². The fraction of sp³-hybridized carbons (Fsp3) is 0.857. The van der Waals surface area contributed by atoms with Crippen molar-refractivity contribution in [2.75, 3.05) is 0 Å². The molecule has 0 aliphatic heterocycles. The summed E-state index contributed by atoms with van der Waals surface area (Å²) in [6, 6.07) is 0. The molecule has 0 fully saturated rings. The number of aliphatic hydroxyl groups excluding tert-OH is 2. The van der Waals surface area contributed by atoms with Crippen LogP contribution in [0.5, 0.6) is 0 Å². The van der Waals surface area contributed by atoms with Crippen LogP contribution in [0.2, 0.25) is 0 Å². The van der Waals surface area contributed by atoms with Crippen LogP contribution in [0.15, 0.2) is 0 Å². The summed E-state index contributed by atoms with van der Waals surface area (Å²) in [4.78, 5) is 10.1. The summed E-state index contributed by atoms with van der Waals surface area (Å²) >= 11 is 0. The lowest BCUT2D eigenvalue weighted by molar-refractivity contribution is -0.140. The molecular weight excluding hydrogens is 148 g/mol. The average molecular weight is 162 g/mol. The van der Waals surface area contributed by atoms with E-state index in [0.717, 1.165) is 0 Å². The number of hydrogen-bond donors (Lipinski definition) is 3. The van der Waals surface area contributed by atoms with Crippen LogP contribution in [-0.4, -0.2) is 33.5 Å². The number of hydrogen-bond acceptors (Lipinski definition) is 3. The Bertz CT molecular complexity index is 132. The molecule has 0 aromatic carbocycles. The quantitative estimate of drug-likeness (QED) is 0.536. The van der Waals surface area contributed by atoms with Gasteiger partial charge in [-0.1, -0.05) is 6.92 Å². The van der Waals surface area contributed by atoms with Crippen molar-refractivity contribution in [1.82, 2.24) is 0 Å². The third-order valence-electron chi connectivity index (χ3n) is 1.75. The van der Waals surface area contributed by atoms with Crippen molar-refractivity contribution in [3.8, 4) is 0 Å². The molecule has 0 aromatic heterocycles. The average Bonchev–Trinajstić information content (AvgIpc) is 1.84. The van der Waals surface area contributed by atoms with Crippen molar-refractivity contribution in [1.29, 1.82) is 0 Å². The molecule has 0 saturated heterocycles. The van der Waals surface area contributed by atoms with E-state index in [-0.39, 0.29) is 6.42 Å². The molecule has 66 valence electrons. The van der Waals surface area contributed by atoms with E-state index >= 15 is 0 Å². The monoisotopic (exact) mass is 162 g/mol. The standard InChI is InChI=1S/C7H14O4/c1-4(5(2)8)6(9)3-7(10)11/h4-6,8-9H,3H2,1-2H3,(H,10,11)/t4-,5+,6+/m0/s1. The van der Waals surface area contributed by atoms with Crippen molar-refractivity contribution in [2.24, 2.45) is 5.92 Å². The van der Waals surface area contributed by atoms with Gasteiger partial charge in [-0.3, -0.25) is 4.79 Å². The first-order valence-electron chi connectivity index (χ1n) is 3.53. The van der Waals surface area contributed by atoms with E-state index < -0.39 is 24.1 Å². The molecule has 0 bridgehead atoms. The molecule has 3 N–H and O–H groups in total. The van der Waals surface area contributed by atoms with Crippen molar-refractivity contribution in [3.63, 3.8) is 0 Å². The highest BCUT2D eigenvalue weighted by Gasteiger charge is 2.21. The van der Waals surface area contributed by atoms with Crippen LogP contribution in [-0.2, 0) is 4.79 Å². The smallest absolute Gasteiger partial charge is 0.305 e. The fourth-order valence-corrected chi connectivity index (χ4v) is 0.686. The van der Waals surface area contributed by atoms with E-state index in [9.17, 15) is 4.79 Å². The lowest BCUT2D eigenvalue weighted by Gasteiger charge is -2.19. The second kappa shape index (κ2) is 4.31. The summed E-state index contributed by atoms with van der Waals surface area (Å²) in [7, 11) is 0. The summed E-state index contributed by atoms with van der Waals surface area (Å²) in [5, 5.41) is 26.3. The Morgan fingerprint density at radius 1 is 1.36 bits per heavy atom. The molecule has 4 heteroatoms. The third kappa shape index (κ3) is 3.95. The first-order chi connectivity index (χ1) is 4.95. The van der Waals surface area contributed by atoms with E-state index in [0.29, 0.717) is 0 Å². The van der Waals surface area contributed by atoms with Gasteiger partial charge in [0.1, 0.15) is 0 Å². The van der Waals surface area contributed by atoms with Crippen LogP contribution in [0.25, 0.3) is 0 Å². The van der Waals surface area contributed by atoms with Gasteiger partial charge in [0.05, 0.1) is 18.6 Å². The van der Waals surface area contributed by atoms with Crippen LogP contribution >= 0.6 is 0 Å². The Labute approximate surface area is 65.5 Å². The van der Waals surface area contributed by atoms with Gasteiger partial charge >= 0.3 is 5.97 Å². The van der Waals surface area contributed by atoms with E-state index in [1.54, 1.807) is 6.92 Å². The summed E-state index contributed by atoms with van der Waals surface area (Å²) < 4.78 is 0. The number of rotatable bonds is 4. The largest absolute Gasteiger partial charge is 0.481 e. The highest BCUT2D eigenvalue weighted by atomic mass is 16.4. The van der Waals surface area contributed by atoms with Gasteiger partial charge in [-0.05, 0) is 6.92 Å². The maximum atomic E-state index is 10.1. The minimum Gasteiger partial charge on any atom is -0.481 e. The molecule has 0 saturated carbocycles. The normalized spacial score (nSPS) is 18.9. The SMILES string of the molecule is C[C@H]([C@H](O)CC(=O)O)[C@@H](C)O. The maximum absolute atomic E-state index is 10.1. The predicted octanol–water partition coefficient (Wildman–Crippen LogP) is -0.161. The molecule has 0 aliphatic carbocycles. The zero-order chi connectivity index (χ0) is 9.02. The Kier molecular flexibility index (Phi) is 4.07. The van der Waals surface area contributed by atoms with Crippen LogP contribution < -0.4 is 0 Å². The predicted molar refractivity (Wildman–Crippen MR) is 39.1 cm³/mol. The van der Waals surface area contributed by atoms with Crippen LogP contribution in [0.4, 0.5) is 0 Å². The Balaban J connectivity index is 3.82. The van der Waals surface area contributed by atoms with Crippen molar-refractivity contribution >= 4 is 5.97 Å². The molecule has 4 nitrogen and oxygen atoms in total. The van der Waals surface area contributed by atoms with Crippen LogP contribution in [0, 0.1) is 5.92 Å². The summed E-state index contributed by atoms with van der Waals surface area (Å²) in [6.45, 7) is 3.13. The van der Waals surface area contributed by atoms with Crippen molar-refractivity contribution < 1.29 is 20.1 Å². The van der Waals surface area contributed by atoms with Crippen molar-refractivity contribution in [2.45, 2.75) is 32.5 Å². The Hall–Kier alpha value is -0.610. The minimum absolute atomic E-state index is 0.313. The summed E-state index contributed by atoms with van der Waals surface area (Å²) in [6.07, 6.45) is -1.96. The molecular formula is C7H14O4. The first-order valence-corrected chi connectivity index (χ1v) is 3.53. The minimum atomic E-state index is -1.05. The molecule has 0 unspecified atom stereocenters. The molecule has 0 spiro atoms. The Morgan fingerprint density at radius 2 is 1.82 bits per heavy atom. The molecule has 0 rings (SSSR count). The second-order valence-electron chi connectivity index (χ2n) is 2.76. The number of aliphatic hydroxyl groups is 2. The molecule has 0 amide bonds. The highest BCUT2D eigenvalue weighted by molar-refractivity contribution is 5.67. The van der Waals surface area contributed by atoms with Gasteiger partial charge in [-0.2, -0.15) is 0 Å². The van der Waals surface area contributed by atoms with Gasteiger partial charge in [0, 0.05) is 5.92 Å². The number of carboxylic acid groups (broad SMARTS) is 1. The summed E-state index contributed by atoms with van der Waals surface area (Å²) in [5.74, 6) is -1.45. The number of aliphatic carboxylic acids is 1. The molecule has 0 aromatic rings. The third-order valence-corrected chi connectivity index (χ3v) is 1.75. The van der Waals surface area contributed by atoms with Gasteiger partial charge < -0.3 is 15.3 Å². The van der Waals surface area contributed by atoms with Gasteiger partial charge in [0.25, 0.3) is 0 Å². The molecule has 3 atom stereocenters. The molecule has 11 heavy (non-hydrogen) atoms. The van der Waals surface area contributed by atoms with Crippen molar-refractivity contribution in [3.05, 3.63) is 0 Å². The maximum Gasteiger partial charge on any atom is 0.305 e. The van der Waals surface area contributed by atoms with E-state index in [4.69, 9.17) is 15.3 Å². The lowest BCUT2D eigenvalue weighted by Crippen LogP contribution is -2.29. The summed E-state index contributed by atoms with van der Waals surface area (Å²) in [5.41, 5.74) is 0. The van der Waals surface area contributed by atoms with Gasteiger partial charge in [0.2, 0.25) is 0 Å². The Morgan fingerprint density at radius 3 is 2.09 bits per heavy atom. The zero-order valence-corrected chi connectivity index (χ0v) is 6.69. The number of carbonyl (C=O) groups is 1. The molecule has 0 radical (unpaired) electrons. The zero-order valence-electron chi connectivity index (χ0n) is 6.69. The highest BCUT2D eigenvalue weighted by Crippen LogP contribution is 2.10. The van der Waals surface area contributed by atoms with E-state index in [1.807, 2.05) is 0 Å². The van der Waals surface area contributed by atoms with E-state index in [2.05, 4.69) is 0 Å². The fourth-order valence-electron chi connectivity index (χ4n) is 0.686. The van der Waals surface area contributed by atoms with Crippen LogP contribution in [0.3, 0.4) is 0 Å². The lowest BCUT2D eigenvalue weighted by atomic mass is 9.97. The topological polar surface area (TPSA) is 77.8 Å². The molecule has 0 heterocycles. The van der Waals surface area contributed by atoms with Gasteiger partial charge in [0.15, 0.2) is 0 Å². The number of carboxylic acids is 1. The second-order valence-corrected chi connectivity index (χ2v) is 2.76. The van der Waals surface area contributed by atoms with Gasteiger partial charge in [-0.25, -0.2) is 0 Å². The van der Waals surface area contributed by atoms with E-state index in [1.165, 1.54) is 6.92 Å².